The standard InChI is InChI=1S/C23H22F2N6O3/c1-4-34-22(32)14-10-26-30(11-14)23-27-19-18(13-5-6-13)29-31(20(19)21(28-23)33-3)12(2)16-9-15(24)7-8-17(16)25/h7-13H,4-6H2,1-3H3/t12-/m0/s1. The lowest BCUT2D eigenvalue weighted by molar-refractivity contribution is 0.0526. The van der Waals surface area contributed by atoms with Crippen LogP contribution >= 0.6 is 0 Å². The molecule has 0 N–H and O–H groups in total. The number of hydrogen-bond acceptors (Lipinski definition) is 7. The molecule has 0 saturated heterocycles. The average molecular weight is 468 g/mol. The molecule has 1 aliphatic carbocycles. The van der Waals surface area contributed by atoms with E-state index in [0.29, 0.717) is 11.0 Å². The van der Waals surface area contributed by atoms with Crippen molar-refractivity contribution in [1.29, 1.82) is 0 Å². The van der Waals surface area contributed by atoms with Gasteiger partial charge in [0, 0.05) is 17.7 Å². The molecule has 4 aromatic rings. The summed E-state index contributed by atoms with van der Waals surface area (Å²) in [5, 5.41) is 8.93. The zero-order valence-corrected chi connectivity index (χ0v) is 18.8. The summed E-state index contributed by atoms with van der Waals surface area (Å²) in [4.78, 5) is 21.2. The van der Waals surface area contributed by atoms with Gasteiger partial charge in [0.05, 0.1) is 37.2 Å². The van der Waals surface area contributed by atoms with E-state index in [2.05, 4.69) is 15.1 Å². The summed E-state index contributed by atoms with van der Waals surface area (Å²) in [6.07, 6.45) is 4.75. The lowest BCUT2D eigenvalue weighted by Gasteiger charge is -2.16. The third kappa shape index (κ3) is 3.76. The Bertz CT molecular complexity index is 1400. The molecule has 11 heteroatoms. The molecule has 1 saturated carbocycles. The number of ether oxygens (including phenoxy) is 2. The van der Waals surface area contributed by atoms with Gasteiger partial charge in [-0.2, -0.15) is 15.2 Å². The lowest BCUT2D eigenvalue weighted by atomic mass is 10.1. The highest BCUT2D eigenvalue weighted by atomic mass is 19.1. The number of benzene rings is 1. The molecule has 3 aromatic heterocycles. The van der Waals surface area contributed by atoms with Crippen molar-refractivity contribution in [1.82, 2.24) is 29.5 Å². The van der Waals surface area contributed by atoms with Crippen LogP contribution in [0.5, 0.6) is 5.88 Å². The summed E-state index contributed by atoms with van der Waals surface area (Å²) in [7, 11) is 1.46. The number of carbonyl (C=O) groups is 1. The lowest BCUT2D eigenvalue weighted by Crippen LogP contribution is -2.12. The normalized spacial score (nSPS) is 14.4. The van der Waals surface area contributed by atoms with E-state index in [1.807, 2.05) is 0 Å². The Morgan fingerprint density at radius 1 is 1.26 bits per heavy atom. The molecule has 5 rings (SSSR count). The Hall–Kier alpha value is -3.89. The molecule has 1 aromatic carbocycles. The number of halogens is 2. The van der Waals surface area contributed by atoms with Gasteiger partial charge < -0.3 is 9.47 Å². The van der Waals surface area contributed by atoms with Crippen molar-refractivity contribution < 1.29 is 23.0 Å². The Balaban J connectivity index is 1.66. The van der Waals surface area contributed by atoms with E-state index in [-0.39, 0.29) is 35.5 Å². The van der Waals surface area contributed by atoms with Crippen molar-refractivity contribution in [3.63, 3.8) is 0 Å². The molecule has 0 aliphatic heterocycles. The van der Waals surface area contributed by atoms with Gasteiger partial charge in [-0.25, -0.2) is 23.2 Å². The molecule has 0 spiro atoms. The molecule has 176 valence electrons. The van der Waals surface area contributed by atoms with Crippen LogP contribution in [0, 0.1) is 11.6 Å². The third-order valence-corrected chi connectivity index (χ3v) is 5.76. The van der Waals surface area contributed by atoms with Crippen LogP contribution in [0.2, 0.25) is 0 Å². The molecule has 3 heterocycles. The largest absolute Gasteiger partial charge is 0.479 e. The predicted molar refractivity (Wildman–Crippen MR) is 117 cm³/mol. The highest BCUT2D eigenvalue weighted by Crippen LogP contribution is 2.44. The number of esters is 1. The van der Waals surface area contributed by atoms with Crippen molar-refractivity contribution in [2.24, 2.45) is 0 Å². The van der Waals surface area contributed by atoms with Gasteiger partial charge in [0.25, 0.3) is 5.95 Å². The quantitative estimate of drug-likeness (QED) is 0.379. The van der Waals surface area contributed by atoms with Crippen LogP contribution in [-0.4, -0.2) is 49.2 Å². The van der Waals surface area contributed by atoms with Crippen LogP contribution < -0.4 is 4.74 Å². The predicted octanol–water partition coefficient (Wildman–Crippen LogP) is 3.96. The fourth-order valence-corrected chi connectivity index (χ4v) is 3.90. The molecule has 34 heavy (non-hydrogen) atoms. The van der Waals surface area contributed by atoms with Crippen LogP contribution in [0.1, 0.15) is 60.3 Å². The van der Waals surface area contributed by atoms with Gasteiger partial charge in [0.2, 0.25) is 5.88 Å². The number of rotatable bonds is 7. The first-order chi connectivity index (χ1) is 16.4. The van der Waals surface area contributed by atoms with Gasteiger partial charge in [-0.1, -0.05) is 0 Å². The number of carbonyl (C=O) groups excluding carboxylic acids is 1. The van der Waals surface area contributed by atoms with Gasteiger partial charge in [-0.3, -0.25) is 4.68 Å². The number of fused-ring (bicyclic) bond motifs is 1. The molecule has 0 radical (unpaired) electrons. The number of aromatic nitrogens is 6. The zero-order chi connectivity index (χ0) is 24.0. The molecule has 0 bridgehead atoms. The van der Waals surface area contributed by atoms with Crippen LogP contribution in [0.25, 0.3) is 17.0 Å². The van der Waals surface area contributed by atoms with Crippen molar-refractivity contribution in [2.45, 2.75) is 38.6 Å². The monoisotopic (exact) mass is 468 g/mol. The van der Waals surface area contributed by atoms with Crippen LogP contribution in [0.15, 0.2) is 30.6 Å². The van der Waals surface area contributed by atoms with Gasteiger partial charge in [0.15, 0.2) is 0 Å². The summed E-state index contributed by atoms with van der Waals surface area (Å²) in [6, 6.07) is 2.69. The fourth-order valence-electron chi connectivity index (χ4n) is 3.90. The zero-order valence-electron chi connectivity index (χ0n) is 18.8. The smallest absolute Gasteiger partial charge is 0.341 e. The van der Waals surface area contributed by atoms with Crippen LogP contribution in [0.4, 0.5) is 8.78 Å². The van der Waals surface area contributed by atoms with E-state index in [0.717, 1.165) is 36.7 Å². The van der Waals surface area contributed by atoms with E-state index >= 15 is 0 Å². The van der Waals surface area contributed by atoms with Crippen molar-refractivity contribution in [3.05, 3.63) is 59.0 Å². The number of methoxy groups -OCH3 is 1. The molecule has 0 amide bonds. The highest BCUT2D eigenvalue weighted by molar-refractivity contribution is 5.89. The van der Waals surface area contributed by atoms with E-state index in [9.17, 15) is 13.6 Å². The van der Waals surface area contributed by atoms with Crippen molar-refractivity contribution >= 4 is 17.0 Å². The fraction of sp³-hybridized carbons (Fsp3) is 0.348. The maximum Gasteiger partial charge on any atom is 0.341 e. The second kappa shape index (κ2) is 8.47. The molecule has 1 fully saturated rings. The van der Waals surface area contributed by atoms with Crippen molar-refractivity contribution in [2.75, 3.05) is 13.7 Å². The molecule has 9 nitrogen and oxygen atoms in total. The van der Waals surface area contributed by atoms with Crippen LogP contribution in [-0.2, 0) is 4.74 Å². The summed E-state index contributed by atoms with van der Waals surface area (Å²) < 4.78 is 42.0. The average Bonchev–Trinajstić information content (AvgIpc) is 3.41. The van der Waals surface area contributed by atoms with E-state index in [1.54, 1.807) is 18.5 Å². The second-order valence-corrected chi connectivity index (χ2v) is 8.07. The van der Waals surface area contributed by atoms with E-state index in [1.165, 1.54) is 24.2 Å². The van der Waals surface area contributed by atoms with Gasteiger partial charge in [0.1, 0.15) is 22.7 Å². The van der Waals surface area contributed by atoms with E-state index < -0.39 is 23.6 Å². The summed E-state index contributed by atoms with van der Waals surface area (Å²) >= 11 is 0. The minimum absolute atomic E-state index is 0.157. The van der Waals surface area contributed by atoms with Crippen LogP contribution in [0.3, 0.4) is 0 Å². The molecule has 1 aliphatic rings. The summed E-state index contributed by atoms with van der Waals surface area (Å²) in [5.41, 5.74) is 2.17. The SMILES string of the molecule is CCOC(=O)c1cnn(-c2nc(OC)c3c(n2)c(C2CC2)nn3[C@@H](C)c2cc(F)ccc2F)c1. The molecular weight excluding hydrogens is 446 g/mol. The van der Waals surface area contributed by atoms with Gasteiger partial charge in [-0.05, 0) is 44.9 Å². The van der Waals surface area contributed by atoms with Gasteiger partial charge >= 0.3 is 5.97 Å². The molecule has 1 atom stereocenters. The first-order valence-corrected chi connectivity index (χ1v) is 10.9. The minimum Gasteiger partial charge on any atom is -0.479 e. The maximum atomic E-state index is 14.6. The molecule has 0 unspecified atom stereocenters. The third-order valence-electron chi connectivity index (χ3n) is 5.76. The molecular formula is C23H22F2N6O3. The number of hydrogen-bond donors (Lipinski definition) is 0. The Kier molecular flexibility index (Phi) is 5.46. The summed E-state index contributed by atoms with van der Waals surface area (Å²) in [6.45, 7) is 3.69. The minimum atomic E-state index is -0.644. The Morgan fingerprint density at radius 2 is 2.06 bits per heavy atom. The maximum absolute atomic E-state index is 14.6. The number of nitrogens with zero attached hydrogens (tertiary/aromatic N) is 6. The summed E-state index contributed by atoms with van der Waals surface area (Å²) in [5.74, 6) is -0.983. The highest BCUT2D eigenvalue weighted by Gasteiger charge is 2.33. The van der Waals surface area contributed by atoms with Crippen molar-refractivity contribution in [3.8, 4) is 11.8 Å². The Labute approximate surface area is 193 Å². The topological polar surface area (TPSA) is 96.9 Å². The first kappa shape index (κ1) is 21.9. The second-order valence-electron chi connectivity index (χ2n) is 8.07. The first-order valence-electron chi connectivity index (χ1n) is 10.9. The van der Waals surface area contributed by atoms with E-state index in [4.69, 9.17) is 14.6 Å². The van der Waals surface area contributed by atoms with Gasteiger partial charge in [-0.15, -0.1) is 0 Å². The Morgan fingerprint density at radius 3 is 2.76 bits per heavy atom.